The molecule has 0 radical (unpaired) electrons. The SMILES string of the molecule is O=C(OC[C@@H]1O[C@H]2C(Oc3nc(=O)ccn32)[C@H]1OC(=O)c1ccccc1)c1ccccc1. The van der Waals surface area contributed by atoms with Crippen LogP contribution < -0.4 is 10.3 Å². The molecule has 0 amide bonds. The lowest BCUT2D eigenvalue weighted by molar-refractivity contribution is -0.0574. The molecule has 3 heterocycles. The fourth-order valence-corrected chi connectivity index (χ4v) is 3.71. The number of benzene rings is 2. The molecule has 5 rings (SSSR count). The van der Waals surface area contributed by atoms with Crippen LogP contribution >= 0.6 is 0 Å². The van der Waals surface area contributed by atoms with Crippen molar-refractivity contribution in [3.8, 4) is 6.01 Å². The number of carbonyl (C=O) groups is 2. The second-order valence-corrected chi connectivity index (χ2v) is 7.30. The fourth-order valence-electron chi connectivity index (χ4n) is 3.71. The van der Waals surface area contributed by atoms with E-state index in [9.17, 15) is 14.4 Å². The first kappa shape index (κ1) is 20.0. The Hall–Kier alpha value is -3.98. The summed E-state index contributed by atoms with van der Waals surface area (Å²) in [6.07, 6.45) is -1.61. The summed E-state index contributed by atoms with van der Waals surface area (Å²) < 4.78 is 24.5. The van der Waals surface area contributed by atoms with E-state index in [-0.39, 0.29) is 12.6 Å². The highest BCUT2D eigenvalue weighted by Gasteiger charge is 2.54. The predicted octanol–water partition coefficient (Wildman–Crippen LogP) is 1.98. The average molecular weight is 434 g/mol. The molecule has 2 aromatic carbocycles. The van der Waals surface area contributed by atoms with Crippen LogP contribution in [0, 0.1) is 0 Å². The number of nitrogens with zero attached hydrogens (tertiary/aromatic N) is 2. The Labute approximate surface area is 182 Å². The van der Waals surface area contributed by atoms with Gasteiger partial charge in [-0.1, -0.05) is 36.4 Å². The van der Waals surface area contributed by atoms with Gasteiger partial charge in [-0.25, -0.2) is 9.59 Å². The van der Waals surface area contributed by atoms with Crippen LogP contribution in [-0.4, -0.2) is 46.4 Å². The zero-order valence-corrected chi connectivity index (χ0v) is 16.7. The van der Waals surface area contributed by atoms with E-state index in [2.05, 4.69) is 4.98 Å². The van der Waals surface area contributed by atoms with E-state index in [0.29, 0.717) is 11.1 Å². The number of ether oxygens (including phenoxy) is 4. The van der Waals surface area contributed by atoms with Crippen molar-refractivity contribution in [3.63, 3.8) is 0 Å². The first-order valence-electron chi connectivity index (χ1n) is 10.00. The van der Waals surface area contributed by atoms with Gasteiger partial charge in [0, 0.05) is 12.3 Å². The van der Waals surface area contributed by atoms with Gasteiger partial charge in [0.05, 0.1) is 11.1 Å². The minimum absolute atomic E-state index is 0.0768. The zero-order chi connectivity index (χ0) is 22.1. The molecule has 162 valence electrons. The van der Waals surface area contributed by atoms with Gasteiger partial charge in [0.15, 0.2) is 18.4 Å². The Balaban J connectivity index is 1.37. The maximum atomic E-state index is 12.7. The van der Waals surface area contributed by atoms with Crippen LogP contribution in [-0.2, 0) is 14.2 Å². The summed E-state index contributed by atoms with van der Waals surface area (Å²) in [7, 11) is 0. The molecule has 9 heteroatoms. The summed E-state index contributed by atoms with van der Waals surface area (Å²) in [4.78, 5) is 40.5. The molecular weight excluding hydrogens is 416 g/mol. The number of esters is 2. The van der Waals surface area contributed by atoms with Crippen molar-refractivity contribution in [3.05, 3.63) is 94.4 Å². The molecule has 0 bridgehead atoms. The number of hydrogen-bond acceptors (Lipinski definition) is 8. The second-order valence-electron chi connectivity index (χ2n) is 7.30. The molecular formula is C23H18N2O7. The molecule has 0 spiro atoms. The maximum Gasteiger partial charge on any atom is 0.338 e. The smallest absolute Gasteiger partial charge is 0.338 e. The molecule has 0 aliphatic carbocycles. The molecule has 2 aliphatic heterocycles. The standard InChI is InChI=1S/C23H18N2O7/c26-17-11-12-25-20-19(32-23(25)24-17)18(31-22(28)15-9-5-2-6-10-15)16(30-20)13-29-21(27)14-7-3-1-4-8-14/h1-12,16,18-20H,13H2/t16-,18-,19?,20-/m0/s1. The molecule has 9 nitrogen and oxygen atoms in total. The summed E-state index contributed by atoms with van der Waals surface area (Å²) in [6, 6.07) is 18.4. The molecule has 4 atom stereocenters. The normalized spacial score (nSPS) is 23.0. The van der Waals surface area contributed by atoms with E-state index in [1.165, 1.54) is 12.3 Å². The van der Waals surface area contributed by atoms with Crippen molar-refractivity contribution in [1.29, 1.82) is 0 Å². The minimum atomic E-state index is -0.895. The van der Waals surface area contributed by atoms with Crippen LogP contribution in [0.25, 0.3) is 0 Å². The van der Waals surface area contributed by atoms with Gasteiger partial charge >= 0.3 is 17.9 Å². The van der Waals surface area contributed by atoms with Gasteiger partial charge < -0.3 is 18.9 Å². The predicted molar refractivity (Wildman–Crippen MR) is 109 cm³/mol. The van der Waals surface area contributed by atoms with E-state index in [1.54, 1.807) is 65.2 Å². The lowest BCUT2D eigenvalue weighted by Crippen LogP contribution is -2.40. The summed E-state index contributed by atoms with van der Waals surface area (Å²) in [5.41, 5.74) is 0.299. The molecule has 32 heavy (non-hydrogen) atoms. The van der Waals surface area contributed by atoms with Crippen LogP contribution in [0.4, 0.5) is 0 Å². The van der Waals surface area contributed by atoms with Crippen molar-refractivity contribution in [2.45, 2.75) is 24.5 Å². The molecule has 1 fully saturated rings. The highest BCUT2D eigenvalue weighted by molar-refractivity contribution is 5.90. The third kappa shape index (κ3) is 3.74. The van der Waals surface area contributed by atoms with Gasteiger partial charge in [-0.2, -0.15) is 4.98 Å². The van der Waals surface area contributed by atoms with E-state index in [0.717, 1.165) is 0 Å². The average Bonchev–Trinajstić information content (AvgIpc) is 3.34. The Morgan fingerprint density at radius 1 is 0.938 bits per heavy atom. The third-order valence-electron chi connectivity index (χ3n) is 5.25. The van der Waals surface area contributed by atoms with Crippen LogP contribution in [0.3, 0.4) is 0 Å². The van der Waals surface area contributed by atoms with Gasteiger partial charge in [0.1, 0.15) is 12.7 Å². The van der Waals surface area contributed by atoms with Crippen molar-refractivity contribution in [2.24, 2.45) is 0 Å². The van der Waals surface area contributed by atoms with Crippen LogP contribution in [0.1, 0.15) is 26.9 Å². The van der Waals surface area contributed by atoms with Crippen molar-refractivity contribution in [2.75, 3.05) is 6.61 Å². The summed E-state index contributed by atoms with van der Waals surface area (Å²) in [5, 5.41) is 0. The molecule has 2 aliphatic rings. The zero-order valence-electron chi connectivity index (χ0n) is 16.7. The lowest BCUT2D eigenvalue weighted by atomic mass is 10.1. The van der Waals surface area contributed by atoms with E-state index >= 15 is 0 Å². The van der Waals surface area contributed by atoms with Gasteiger partial charge in [-0.05, 0) is 24.3 Å². The number of rotatable bonds is 5. The van der Waals surface area contributed by atoms with Crippen LogP contribution in [0.2, 0.25) is 0 Å². The second kappa shape index (κ2) is 8.27. The minimum Gasteiger partial charge on any atom is -0.459 e. The quantitative estimate of drug-likeness (QED) is 0.562. The monoisotopic (exact) mass is 434 g/mol. The Morgan fingerprint density at radius 3 is 2.28 bits per heavy atom. The van der Waals surface area contributed by atoms with E-state index in [1.807, 2.05) is 0 Å². The van der Waals surface area contributed by atoms with Gasteiger partial charge in [0.2, 0.25) is 0 Å². The van der Waals surface area contributed by atoms with Crippen molar-refractivity contribution >= 4 is 11.9 Å². The molecule has 1 unspecified atom stereocenters. The van der Waals surface area contributed by atoms with E-state index < -0.39 is 42.0 Å². The van der Waals surface area contributed by atoms with Crippen molar-refractivity contribution in [1.82, 2.24) is 9.55 Å². The third-order valence-corrected chi connectivity index (χ3v) is 5.25. The first-order chi connectivity index (χ1) is 15.6. The van der Waals surface area contributed by atoms with Gasteiger partial charge in [0.25, 0.3) is 5.56 Å². The fraction of sp³-hybridized carbons (Fsp3) is 0.217. The Bertz CT molecular complexity index is 1200. The molecule has 3 aromatic rings. The first-order valence-corrected chi connectivity index (χ1v) is 10.00. The topological polar surface area (TPSA) is 106 Å². The molecule has 1 aromatic heterocycles. The number of fused-ring (bicyclic) bond motifs is 3. The highest BCUT2D eigenvalue weighted by atomic mass is 16.7. The summed E-state index contributed by atoms with van der Waals surface area (Å²) in [6.45, 7) is -0.153. The largest absolute Gasteiger partial charge is 0.459 e. The lowest BCUT2D eigenvalue weighted by Gasteiger charge is -2.22. The van der Waals surface area contributed by atoms with Crippen molar-refractivity contribution < 1.29 is 28.5 Å². The summed E-state index contributed by atoms with van der Waals surface area (Å²) >= 11 is 0. The van der Waals surface area contributed by atoms with Gasteiger partial charge in [-0.15, -0.1) is 0 Å². The number of carbonyl (C=O) groups excluding carboxylic acids is 2. The van der Waals surface area contributed by atoms with Crippen LogP contribution in [0.15, 0.2) is 77.7 Å². The summed E-state index contributed by atoms with van der Waals surface area (Å²) in [5.74, 6) is -1.09. The van der Waals surface area contributed by atoms with E-state index in [4.69, 9.17) is 18.9 Å². The highest BCUT2D eigenvalue weighted by Crippen LogP contribution is 2.40. The molecule has 0 saturated carbocycles. The molecule has 1 saturated heterocycles. The van der Waals surface area contributed by atoms with Gasteiger partial charge in [-0.3, -0.25) is 9.36 Å². The Kier molecular flexibility index (Phi) is 5.16. The molecule has 0 N–H and O–H groups in total. The Morgan fingerprint density at radius 2 is 1.59 bits per heavy atom. The maximum absolute atomic E-state index is 12.7. The number of hydrogen-bond donors (Lipinski definition) is 0. The van der Waals surface area contributed by atoms with Crippen LogP contribution in [0.5, 0.6) is 6.01 Å². The number of aromatic nitrogens is 2.